The van der Waals surface area contributed by atoms with Crippen molar-refractivity contribution >= 4 is 51.6 Å². The first-order valence-electron chi connectivity index (χ1n) is 10.9. The number of amides is 1. The fourth-order valence-corrected chi connectivity index (χ4v) is 4.66. The minimum atomic E-state index is -0.378. The molecular weight excluding hydrogens is 449 g/mol. The Hall–Kier alpha value is -2.58. The topological polar surface area (TPSA) is 98.8 Å². The number of aromatic nitrogens is 4. The number of hydrogen-bond donors (Lipinski definition) is 3. The van der Waals surface area contributed by atoms with Crippen LogP contribution in [0.4, 0.5) is 11.5 Å². The van der Waals surface area contributed by atoms with Crippen LogP contribution in [0.15, 0.2) is 30.7 Å². The number of nitrogens with one attached hydrogen (secondary N) is 3. The third-order valence-corrected chi connectivity index (χ3v) is 6.35. The number of piperidine rings is 1. The minimum Gasteiger partial charge on any atom is -0.374 e. The van der Waals surface area contributed by atoms with Crippen LogP contribution in [0, 0.1) is 5.92 Å². The van der Waals surface area contributed by atoms with E-state index < -0.39 is 0 Å². The lowest BCUT2D eigenvalue weighted by molar-refractivity contribution is -0.123. The fourth-order valence-electron chi connectivity index (χ4n) is 4.13. The number of fused-ring (bicyclic) bond motifs is 1. The summed E-state index contributed by atoms with van der Waals surface area (Å²) < 4.78 is 0. The summed E-state index contributed by atoms with van der Waals surface area (Å²) >= 11 is 12.2. The van der Waals surface area contributed by atoms with Crippen LogP contribution < -0.4 is 15.5 Å². The maximum atomic E-state index is 13.2. The first kappa shape index (κ1) is 22.6. The van der Waals surface area contributed by atoms with Gasteiger partial charge in [-0.1, -0.05) is 43.5 Å². The summed E-state index contributed by atoms with van der Waals surface area (Å²) in [7, 11) is 0. The van der Waals surface area contributed by atoms with E-state index in [1.807, 2.05) is 0 Å². The van der Waals surface area contributed by atoms with Crippen molar-refractivity contribution < 1.29 is 4.79 Å². The standard InChI is InChI=1S/C22H27Cl2N7O/c1-3-4-18(28-16-8-14(23)7-15(24)9-16)22(32)29-19-11-31(6-5-13(19)2)21-17-10-27-30-20(17)25-12-26-21/h7-10,12-13,18-19,28H,3-6,11H2,1-2H3,(H,29,32)(H,25,26,27,30)/t13-,18+,19-/m0/s1. The smallest absolute Gasteiger partial charge is 0.242 e. The lowest BCUT2D eigenvalue weighted by Crippen LogP contribution is -2.55. The number of rotatable bonds is 7. The molecule has 0 unspecified atom stereocenters. The third-order valence-electron chi connectivity index (χ3n) is 5.91. The van der Waals surface area contributed by atoms with E-state index in [2.05, 4.69) is 49.5 Å². The Balaban J connectivity index is 1.47. The van der Waals surface area contributed by atoms with Gasteiger partial charge in [0.1, 0.15) is 18.2 Å². The van der Waals surface area contributed by atoms with Gasteiger partial charge in [-0.05, 0) is 37.0 Å². The van der Waals surface area contributed by atoms with Crippen LogP contribution in [0.1, 0.15) is 33.1 Å². The zero-order valence-electron chi connectivity index (χ0n) is 18.1. The van der Waals surface area contributed by atoms with Crippen LogP contribution in [0.2, 0.25) is 10.0 Å². The van der Waals surface area contributed by atoms with Crippen molar-refractivity contribution in [3.63, 3.8) is 0 Å². The molecule has 4 rings (SSSR count). The zero-order chi connectivity index (χ0) is 22.7. The van der Waals surface area contributed by atoms with Gasteiger partial charge in [0.25, 0.3) is 0 Å². The third kappa shape index (κ3) is 5.07. The van der Waals surface area contributed by atoms with Gasteiger partial charge in [0.05, 0.1) is 11.6 Å². The monoisotopic (exact) mass is 475 g/mol. The molecule has 10 heteroatoms. The molecule has 0 aliphatic carbocycles. The normalized spacial score (nSPS) is 19.7. The van der Waals surface area contributed by atoms with Gasteiger partial charge in [0.2, 0.25) is 5.91 Å². The Bertz CT molecular complexity index is 1070. The molecule has 32 heavy (non-hydrogen) atoms. The molecule has 1 amide bonds. The number of carbonyl (C=O) groups excluding carboxylic acids is 1. The molecule has 170 valence electrons. The molecule has 0 radical (unpaired) electrons. The van der Waals surface area contributed by atoms with E-state index in [1.165, 1.54) is 0 Å². The first-order chi connectivity index (χ1) is 15.4. The summed E-state index contributed by atoms with van der Waals surface area (Å²) in [6.07, 6.45) is 5.80. The van der Waals surface area contributed by atoms with Crippen molar-refractivity contribution in [3.8, 4) is 0 Å². The highest BCUT2D eigenvalue weighted by Crippen LogP contribution is 2.27. The molecule has 3 aromatic rings. The van der Waals surface area contributed by atoms with Gasteiger partial charge in [0.15, 0.2) is 5.65 Å². The van der Waals surface area contributed by atoms with Gasteiger partial charge in [-0.15, -0.1) is 0 Å². The molecule has 8 nitrogen and oxygen atoms in total. The Morgan fingerprint density at radius 2 is 2.06 bits per heavy atom. The highest BCUT2D eigenvalue weighted by Gasteiger charge is 2.31. The van der Waals surface area contributed by atoms with E-state index in [0.29, 0.717) is 34.6 Å². The molecule has 3 N–H and O–H groups in total. The lowest BCUT2D eigenvalue weighted by Gasteiger charge is -2.38. The highest BCUT2D eigenvalue weighted by atomic mass is 35.5. The van der Waals surface area contributed by atoms with E-state index in [9.17, 15) is 4.79 Å². The number of anilines is 2. The minimum absolute atomic E-state index is 0.00253. The van der Waals surface area contributed by atoms with E-state index in [0.717, 1.165) is 36.3 Å². The van der Waals surface area contributed by atoms with Crippen molar-refractivity contribution in [2.45, 2.75) is 45.2 Å². The Labute approximate surface area is 197 Å². The molecule has 3 atom stereocenters. The average molecular weight is 476 g/mol. The highest BCUT2D eigenvalue weighted by molar-refractivity contribution is 6.35. The molecule has 1 fully saturated rings. The van der Waals surface area contributed by atoms with Crippen LogP contribution >= 0.6 is 23.2 Å². The molecule has 0 bridgehead atoms. The Kier molecular flexibility index (Phi) is 7.01. The summed E-state index contributed by atoms with van der Waals surface area (Å²) in [5.74, 6) is 1.16. The lowest BCUT2D eigenvalue weighted by atomic mass is 9.92. The number of carbonyl (C=O) groups is 1. The molecule has 1 saturated heterocycles. The second-order valence-corrected chi connectivity index (χ2v) is 9.17. The molecule has 1 aliphatic heterocycles. The molecule has 0 spiro atoms. The fraction of sp³-hybridized carbons (Fsp3) is 0.455. The molecular formula is C22H27Cl2N7O. The summed E-state index contributed by atoms with van der Waals surface area (Å²) in [5.41, 5.74) is 1.44. The van der Waals surface area contributed by atoms with Crippen molar-refractivity contribution in [3.05, 3.63) is 40.8 Å². The van der Waals surface area contributed by atoms with Crippen molar-refractivity contribution in [1.82, 2.24) is 25.5 Å². The predicted molar refractivity (Wildman–Crippen MR) is 128 cm³/mol. The van der Waals surface area contributed by atoms with Gasteiger partial charge in [-0.25, -0.2) is 9.97 Å². The number of nitrogens with zero attached hydrogens (tertiary/aromatic N) is 4. The Morgan fingerprint density at radius 1 is 1.28 bits per heavy atom. The van der Waals surface area contributed by atoms with E-state index >= 15 is 0 Å². The quantitative estimate of drug-likeness (QED) is 0.471. The van der Waals surface area contributed by atoms with Crippen molar-refractivity contribution in [1.29, 1.82) is 0 Å². The second kappa shape index (κ2) is 9.92. The summed E-state index contributed by atoms with van der Waals surface area (Å²) in [5, 5.41) is 15.5. The van der Waals surface area contributed by atoms with Crippen molar-refractivity contribution in [2.75, 3.05) is 23.3 Å². The van der Waals surface area contributed by atoms with Gasteiger partial charge in [0, 0.05) is 34.9 Å². The summed E-state index contributed by atoms with van der Waals surface area (Å²) in [6, 6.07) is 4.85. The molecule has 3 heterocycles. The molecule has 1 aliphatic rings. The number of benzene rings is 1. The van der Waals surface area contributed by atoms with Crippen LogP contribution in [0.25, 0.3) is 11.0 Å². The number of H-pyrrole nitrogens is 1. The van der Waals surface area contributed by atoms with Crippen LogP contribution in [-0.4, -0.2) is 51.2 Å². The zero-order valence-corrected chi connectivity index (χ0v) is 19.6. The van der Waals surface area contributed by atoms with Crippen molar-refractivity contribution in [2.24, 2.45) is 5.92 Å². The predicted octanol–water partition coefficient (Wildman–Crippen LogP) is 4.27. The number of hydrogen-bond acceptors (Lipinski definition) is 6. The maximum Gasteiger partial charge on any atom is 0.242 e. The van der Waals surface area contributed by atoms with E-state index in [-0.39, 0.29) is 18.0 Å². The number of aromatic amines is 1. The van der Waals surface area contributed by atoms with Crippen LogP contribution in [0.3, 0.4) is 0 Å². The maximum absolute atomic E-state index is 13.2. The molecule has 2 aromatic heterocycles. The second-order valence-electron chi connectivity index (χ2n) is 8.30. The van der Waals surface area contributed by atoms with Gasteiger partial charge in [-0.3, -0.25) is 9.89 Å². The number of halogens is 2. The van der Waals surface area contributed by atoms with Gasteiger partial charge < -0.3 is 15.5 Å². The van der Waals surface area contributed by atoms with Gasteiger partial charge >= 0.3 is 0 Å². The largest absolute Gasteiger partial charge is 0.374 e. The molecule has 1 aromatic carbocycles. The SMILES string of the molecule is CCC[C@@H](Nc1cc(Cl)cc(Cl)c1)C(=O)N[C@H]1CN(c2ncnc3[nH]ncc23)CC[C@@H]1C. The van der Waals surface area contributed by atoms with E-state index in [1.54, 1.807) is 30.7 Å². The van der Waals surface area contributed by atoms with Crippen LogP contribution in [0.5, 0.6) is 0 Å². The summed E-state index contributed by atoms with van der Waals surface area (Å²) in [6.45, 7) is 5.77. The molecule has 0 saturated carbocycles. The average Bonchev–Trinajstić information content (AvgIpc) is 3.23. The summed E-state index contributed by atoms with van der Waals surface area (Å²) in [4.78, 5) is 24.1. The van der Waals surface area contributed by atoms with Crippen LogP contribution in [-0.2, 0) is 4.79 Å². The Morgan fingerprint density at radius 3 is 2.81 bits per heavy atom. The van der Waals surface area contributed by atoms with Gasteiger partial charge in [-0.2, -0.15) is 5.10 Å². The van der Waals surface area contributed by atoms with E-state index in [4.69, 9.17) is 23.2 Å². The first-order valence-corrected chi connectivity index (χ1v) is 11.6.